The van der Waals surface area contributed by atoms with Crippen LogP contribution in [0.25, 0.3) is 0 Å². The van der Waals surface area contributed by atoms with Gasteiger partial charge >= 0.3 is 0 Å². The molecule has 0 spiro atoms. The highest BCUT2D eigenvalue weighted by Crippen LogP contribution is 2.22. The summed E-state index contributed by atoms with van der Waals surface area (Å²) in [6.45, 7) is 3.22. The third-order valence-corrected chi connectivity index (χ3v) is 5.03. The van der Waals surface area contributed by atoms with Crippen LogP contribution in [0.2, 0.25) is 0 Å². The highest BCUT2D eigenvalue weighted by atomic mass is 15.2. The van der Waals surface area contributed by atoms with Crippen LogP contribution < -0.4 is 5.32 Å². The van der Waals surface area contributed by atoms with Gasteiger partial charge in [0.25, 0.3) is 0 Å². The van der Waals surface area contributed by atoms with Gasteiger partial charge in [0.1, 0.15) is 11.6 Å². The van der Waals surface area contributed by atoms with E-state index < -0.39 is 0 Å². The van der Waals surface area contributed by atoms with E-state index in [1.165, 1.54) is 18.5 Å². The largest absolute Gasteiger partial charge is 0.337 e. The summed E-state index contributed by atoms with van der Waals surface area (Å²) in [6, 6.07) is 0. The van der Waals surface area contributed by atoms with E-state index in [2.05, 4.69) is 46.8 Å². The Kier molecular flexibility index (Phi) is 5.34. The standard InChI is InChI=1S/C19H24N8/c1-26-14-21-10-17(26)13-27-6-2-15(3-7-27)8-16-9-24-19(12-23-16)25-18-11-20-4-5-22-18/h4-5,9-12,14-15H,2-3,6-8,13H2,1H3,(H,22,24,25). The molecule has 1 N–H and O–H groups in total. The molecule has 4 heterocycles. The number of rotatable bonds is 6. The van der Waals surface area contributed by atoms with Crippen molar-refractivity contribution < 1.29 is 0 Å². The molecule has 1 fully saturated rings. The maximum atomic E-state index is 4.56. The van der Waals surface area contributed by atoms with Crippen molar-refractivity contribution in [3.8, 4) is 0 Å². The van der Waals surface area contributed by atoms with Crippen LogP contribution in [0.5, 0.6) is 0 Å². The molecule has 0 unspecified atom stereocenters. The highest BCUT2D eigenvalue weighted by Gasteiger charge is 2.20. The second-order valence-electron chi connectivity index (χ2n) is 7.03. The van der Waals surface area contributed by atoms with Crippen molar-refractivity contribution in [3.05, 3.63) is 54.9 Å². The van der Waals surface area contributed by atoms with Crippen LogP contribution in [0.3, 0.4) is 0 Å². The molecule has 3 aromatic heterocycles. The predicted molar refractivity (Wildman–Crippen MR) is 102 cm³/mol. The second kappa shape index (κ2) is 8.22. The topological polar surface area (TPSA) is 84.7 Å². The Bertz CT molecular complexity index is 838. The molecule has 27 heavy (non-hydrogen) atoms. The number of nitrogens with one attached hydrogen (secondary N) is 1. The average molecular weight is 364 g/mol. The Hall–Kier alpha value is -2.87. The Labute approximate surface area is 158 Å². The molecule has 0 aromatic carbocycles. The van der Waals surface area contributed by atoms with Gasteiger partial charge in [-0.1, -0.05) is 0 Å². The molecule has 1 aliphatic heterocycles. The average Bonchev–Trinajstić information content (AvgIpc) is 3.10. The highest BCUT2D eigenvalue weighted by molar-refractivity contribution is 5.48. The van der Waals surface area contributed by atoms with E-state index in [-0.39, 0.29) is 0 Å². The maximum Gasteiger partial charge on any atom is 0.150 e. The number of likely N-dealkylation sites (tertiary alicyclic amines) is 1. The van der Waals surface area contributed by atoms with Gasteiger partial charge in [-0.15, -0.1) is 0 Å². The van der Waals surface area contributed by atoms with Gasteiger partial charge in [-0.25, -0.2) is 15.0 Å². The van der Waals surface area contributed by atoms with Gasteiger partial charge in [0, 0.05) is 32.2 Å². The third kappa shape index (κ3) is 4.65. The first-order valence-electron chi connectivity index (χ1n) is 9.28. The molecule has 3 aromatic rings. The van der Waals surface area contributed by atoms with Crippen molar-refractivity contribution in [2.24, 2.45) is 13.0 Å². The van der Waals surface area contributed by atoms with Crippen LogP contribution in [0.1, 0.15) is 24.2 Å². The summed E-state index contributed by atoms with van der Waals surface area (Å²) in [4.78, 5) is 23.9. The minimum atomic E-state index is 0.667. The molecule has 8 nitrogen and oxygen atoms in total. The fraction of sp³-hybridized carbons (Fsp3) is 0.421. The van der Waals surface area contributed by atoms with Crippen LogP contribution in [0, 0.1) is 5.92 Å². The zero-order chi connectivity index (χ0) is 18.5. The van der Waals surface area contributed by atoms with Gasteiger partial charge in [-0.3, -0.25) is 14.9 Å². The van der Waals surface area contributed by atoms with Gasteiger partial charge in [0.05, 0.1) is 36.3 Å². The van der Waals surface area contributed by atoms with Crippen molar-refractivity contribution >= 4 is 11.6 Å². The summed E-state index contributed by atoms with van der Waals surface area (Å²) < 4.78 is 2.10. The number of nitrogens with zero attached hydrogens (tertiary/aromatic N) is 7. The molecule has 8 heteroatoms. The predicted octanol–water partition coefficient (Wildman–Crippen LogP) is 2.20. The summed E-state index contributed by atoms with van der Waals surface area (Å²) in [5.74, 6) is 2.02. The van der Waals surface area contributed by atoms with E-state index in [9.17, 15) is 0 Å². The summed E-state index contributed by atoms with van der Waals surface area (Å²) in [5, 5.41) is 3.11. The fourth-order valence-electron chi connectivity index (χ4n) is 3.43. The summed E-state index contributed by atoms with van der Waals surface area (Å²) in [6.07, 6.45) is 15.8. The normalized spacial score (nSPS) is 15.7. The molecule has 0 bridgehead atoms. The number of piperidine rings is 1. The number of anilines is 2. The van der Waals surface area contributed by atoms with E-state index in [4.69, 9.17) is 0 Å². The molecular weight excluding hydrogens is 340 g/mol. The van der Waals surface area contributed by atoms with Crippen molar-refractivity contribution in [3.63, 3.8) is 0 Å². The van der Waals surface area contributed by atoms with E-state index >= 15 is 0 Å². The van der Waals surface area contributed by atoms with E-state index in [1.54, 1.807) is 24.8 Å². The Balaban J connectivity index is 1.26. The van der Waals surface area contributed by atoms with Crippen LogP contribution in [0.4, 0.5) is 11.6 Å². The van der Waals surface area contributed by atoms with Gasteiger partial charge in [0.2, 0.25) is 0 Å². The Morgan fingerprint density at radius 2 is 1.81 bits per heavy atom. The van der Waals surface area contributed by atoms with Crippen molar-refractivity contribution in [1.82, 2.24) is 34.4 Å². The molecule has 0 amide bonds. The molecule has 4 rings (SSSR count). The maximum absolute atomic E-state index is 4.56. The monoisotopic (exact) mass is 364 g/mol. The van der Waals surface area contributed by atoms with E-state index in [1.807, 2.05) is 18.7 Å². The summed E-state index contributed by atoms with van der Waals surface area (Å²) >= 11 is 0. The first kappa shape index (κ1) is 17.5. The smallest absolute Gasteiger partial charge is 0.150 e. The zero-order valence-corrected chi connectivity index (χ0v) is 15.5. The molecule has 0 aliphatic carbocycles. The minimum absolute atomic E-state index is 0.667. The Morgan fingerprint density at radius 3 is 2.48 bits per heavy atom. The van der Waals surface area contributed by atoms with Crippen LogP contribution in [0.15, 0.2) is 43.5 Å². The molecular formula is C19H24N8. The van der Waals surface area contributed by atoms with Crippen molar-refractivity contribution in [2.45, 2.75) is 25.8 Å². The first-order chi connectivity index (χ1) is 13.3. The number of aromatic nitrogens is 6. The van der Waals surface area contributed by atoms with Crippen molar-refractivity contribution in [1.29, 1.82) is 0 Å². The second-order valence-corrected chi connectivity index (χ2v) is 7.03. The minimum Gasteiger partial charge on any atom is -0.337 e. The number of aryl methyl sites for hydroxylation is 1. The lowest BCUT2D eigenvalue weighted by atomic mass is 9.92. The summed E-state index contributed by atoms with van der Waals surface area (Å²) in [7, 11) is 2.05. The van der Waals surface area contributed by atoms with Gasteiger partial charge in [-0.2, -0.15) is 0 Å². The molecule has 0 saturated carbocycles. The SMILES string of the molecule is Cn1cncc1CN1CCC(Cc2cnc(Nc3cnccn3)cn2)CC1. The van der Waals surface area contributed by atoms with Crippen LogP contribution >= 0.6 is 0 Å². The van der Waals surface area contributed by atoms with E-state index in [0.29, 0.717) is 17.6 Å². The Morgan fingerprint density at radius 1 is 0.963 bits per heavy atom. The third-order valence-electron chi connectivity index (χ3n) is 5.03. The van der Waals surface area contributed by atoms with Crippen LogP contribution in [-0.4, -0.2) is 47.5 Å². The van der Waals surface area contributed by atoms with Gasteiger partial charge in [0.15, 0.2) is 0 Å². The van der Waals surface area contributed by atoms with Crippen LogP contribution in [-0.2, 0) is 20.0 Å². The zero-order valence-electron chi connectivity index (χ0n) is 15.5. The number of hydrogen-bond acceptors (Lipinski definition) is 7. The molecule has 140 valence electrons. The fourth-order valence-corrected chi connectivity index (χ4v) is 3.43. The number of imidazole rings is 1. The first-order valence-corrected chi connectivity index (χ1v) is 9.28. The van der Waals surface area contributed by atoms with E-state index in [0.717, 1.165) is 31.7 Å². The number of hydrogen-bond donors (Lipinski definition) is 1. The molecule has 0 atom stereocenters. The molecule has 1 aliphatic rings. The van der Waals surface area contributed by atoms with Crippen molar-refractivity contribution in [2.75, 3.05) is 18.4 Å². The lowest BCUT2D eigenvalue weighted by Crippen LogP contribution is -2.34. The lowest BCUT2D eigenvalue weighted by Gasteiger charge is -2.31. The summed E-state index contributed by atoms with van der Waals surface area (Å²) in [5.41, 5.74) is 2.32. The quantitative estimate of drug-likeness (QED) is 0.718. The molecule has 0 radical (unpaired) electrons. The lowest BCUT2D eigenvalue weighted by molar-refractivity contribution is 0.173. The molecule has 1 saturated heterocycles. The van der Waals surface area contributed by atoms with Gasteiger partial charge < -0.3 is 9.88 Å². The van der Waals surface area contributed by atoms with Gasteiger partial charge in [-0.05, 0) is 38.3 Å².